The van der Waals surface area contributed by atoms with E-state index in [-0.39, 0.29) is 46.2 Å². The van der Waals surface area contributed by atoms with Crippen LogP contribution in [0.4, 0.5) is 0 Å². The molecule has 4 fully saturated rings. The van der Waals surface area contributed by atoms with E-state index in [4.69, 9.17) is 0 Å². The van der Waals surface area contributed by atoms with E-state index < -0.39 is 5.60 Å². The summed E-state index contributed by atoms with van der Waals surface area (Å²) < 4.78 is 0. The average Bonchev–Trinajstić information content (AvgIpc) is 3.06. The van der Waals surface area contributed by atoms with Crippen molar-refractivity contribution in [2.24, 2.45) is 45.3 Å². The Bertz CT molecular complexity index is 729. The van der Waals surface area contributed by atoms with Gasteiger partial charge in [0.15, 0.2) is 0 Å². The maximum absolute atomic E-state index is 13.8. The number of hydrogen-bond acceptors (Lipinski definition) is 4. The van der Waals surface area contributed by atoms with Crippen LogP contribution in [0.1, 0.15) is 99.3 Å². The van der Waals surface area contributed by atoms with E-state index in [9.17, 15) is 20.1 Å². The highest BCUT2D eigenvalue weighted by Crippen LogP contribution is 2.75. The first-order valence-electron chi connectivity index (χ1n) is 12.8. The molecule has 0 aliphatic heterocycles. The molecule has 0 amide bonds. The lowest BCUT2D eigenvalue weighted by molar-refractivity contribution is -0.221. The Hall–Kier alpha value is -0.450. The molecule has 4 aliphatic rings. The molecule has 0 spiro atoms. The zero-order chi connectivity index (χ0) is 23.0. The summed E-state index contributed by atoms with van der Waals surface area (Å²) in [4.78, 5) is 13.8. The quantitative estimate of drug-likeness (QED) is 0.597. The van der Waals surface area contributed by atoms with Gasteiger partial charge in [0.05, 0.1) is 11.7 Å². The van der Waals surface area contributed by atoms with E-state index in [0.29, 0.717) is 36.9 Å². The molecule has 4 nitrogen and oxygen atoms in total. The minimum atomic E-state index is -0.901. The Morgan fingerprint density at radius 2 is 1.61 bits per heavy atom. The minimum absolute atomic E-state index is 0.00975. The third kappa shape index (κ3) is 3.06. The second kappa shape index (κ2) is 7.27. The standard InChI is InChI=1S/C27H46O4/c1-23(2)19-9-14-25(4)20(24(19,3)12-10-21(23)30)16-18(29)22-17(8-13-26(22,25)5)27(6,31)11-7-15-28/h17,19-22,28,30-31H,7-16H2,1-6H3/t17-,19?,20+,21-,22-,24-,25+,26+,27+/m0/s1. The first-order valence-corrected chi connectivity index (χ1v) is 12.8. The molecule has 4 heteroatoms. The molecule has 4 saturated carbocycles. The monoisotopic (exact) mass is 434 g/mol. The smallest absolute Gasteiger partial charge is 0.137 e. The summed E-state index contributed by atoms with van der Waals surface area (Å²) in [7, 11) is 0. The van der Waals surface area contributed by atoms with Crippen LogP contribution in [0.25, 0.3) is 0 Å². The van der Waals surface area contributed by atoms with Crippen LogP contribution in [-0.4, -0.2) is 39.4 Å². The molecule has 31 heavy (non-hydrogen) atoms. The molecule has 0 aromatic rings. The fourth-order valence-corrected chi connectivity index (χ4v) is 9.75. The third-order valence-corrected chi connectivity index (χ3v) is 11.8. The van der Waals surface area contributed by atoms with Gasteiger partial charge in [-0.25, -0.2) is 0 Å². The fraction of sp³-hybridized carbons (Fsp3) is 0.963. The second-order valence-corrected chi connectivity index (χ2v) is 13.3. The van der Waals surface area contributed by atoms with Crippen LogP contribution < -0.4 is 0 Å². The number of Topliss-reactive ketones (excluding diaryl/α,β-unsaturated/α-hetero) is 1. The molecule has 4 rings (SSSR count). The molecule has 4 aliphatic carbocycles. The topological polar surface area (TPSA) is 77.8 Å². The van der Waals surface area contributed by atoms with Crippen LogP contribution in [-0.2, 0) is 4.79 Å². The molecule has 1 unspecified atom stereocenters. The Labute approximate surface area is 189 Å². The van der Waals surface area contributed by atoms with E-state index in [1.54, 1.807) is 0 Å². The van der Waals surface area contributed by atoms with E-state index >= 15 is 0 Å². The molecule has 0 bridgehead atoms. The van der Waals surface area contributed by atoms with Crippen molar-refractivity contribution in [1.82, 2.24) is 0 Å². The van der Waals surface area contributed by atoms with E-state index in [1.807, 2.05) is 6.92 Å². The Morgan fingerprint density at radius 1 is 0.968 bits per heavy atom. The number of fused-ring (bicyclic) bond motifs is 5. The molecular formula is C27H46O4. The number of aliphatic hydroxyl groups is 3. The molecule has 0 radical (unpaired) electrons. The SMILES string of the molecule is CC1(C)C2CC[C@]3(C)[C@H](CC(=O)[C@@H]4[C@@H]([C@](C)(O)CCCO)CC[C@]43C)[C@@]2(C)CC[C@@H]1O. The zero-order valence-corrected chi connectivity index (χ0v) is 20.7. The lowest BCUT2D eigenvalue weighted by Gasteiger charge is -2.69. The summed E-state index contributed by atoms with van der Waals surface area (Å²) in [6, 6.07) is 0. The first kappa shape index (κ1) is 23.7. The highest BCUT2D eigenvalue weighted by molar-refractivity contribution is 5.84. The van der Waals surface area contributed by atoms with Gasteiger partial charge in [-0.1, -0.05) is 34.6 Å². The van der Waals surface area contributed by atoms with Gasteiger partial charge in [-0.05, 0) is 97.7 Å². The van der Waals surface area contributed by atoms with Crippen molar-refractivity contribution in [2.75, 3.05) is 6.61 Å². The van der Waals surface area contributed by atoms with Crippen molar-refractivity contribution in [3.05, 3.63) is 0 Å². The van der Waals surface area contributed by atoms with Crippen molar-refractivity contribution in [3.63, 3.8) is 0 Å². The van der Waals surface area contributed by atoms with Crippen LogP contribution in [0, 0.1) is 45.3 Å². The number of aliphatic hydroxyl groups excluding tert-OH is 2. The largest absolute Gasteiger partial charge is 0.396 e. The first-order chi connectivity index (χ1) is 14.3. The summed E-state index contributed by atoms with van der Waals surface area (Å²) in [6.45, 7) is 13.7. The Balaban J connectivity index is 1.71. The number of carbonyl (C=O) groups is 1. The molecule has 0 aromatic heterocycles. The molecule has 3 N–H and O–H groups in total. The average molecular weight is 435 g/mol. The van der Waals surface area contributed by atoms with Crippen LogP contribution in [0.15, 0.2) is 0 Å². The highest BCUT2D eigenvalue weighted by atomic mass is 16.3. The summed E-state index contributed by atoms with van der Waals surface area (Å²) in [5.41, 5.74) is -0.938. The van der Waals surface area contributed by atoms with Crippen molar-refractivity contribution < 1.29 is 20.1 Å². The zero-order valence-electron chi connectivity index (χ0n) is 20.7. The van der Waals surface area contributed by atoms with Crippen LogP contribution in [0.5, 0.6) is 0 Å². The summed E-state index contributed by atoms with van der Waals surface area (Å²) >= 11 is 0. The predicted octanol–water partition coefficient (Wildman–Crippen LogP) is 4.73. The molecule has 0 saturated heterocycles. The molecule has 9 atom stereocenters. The van der Waals surface area contributed by atoms with Crippen molar-refractivity contribution in [1.29, 1.82) is 0 Å². The van der Waals surface area contributed by atoms with Crippen LogP contribution in [0.2, 0.25) is 0 Å². The number of rotatable bonds is 4. The van der Waals surface area contributed by atoms with Gasteiger partial charge in [0.2, 0.25) is 0 Å². The van der Waals surface area contributed by atoms with Crippen molar-refractivity contribution in [2.45, 2.75) is 111 Å². The molecule has 0 heterocycles. The summed E-state index contributed by atoms with van der Waals surface area (Å²) in [6.07, 6.45) is 7.49. The Kier molecular flexibility index (Phi) is 5.56. The molecule has 178 valence electrons. The van der Waals surface area contributed by atoms with Crippen molar-refractivity contribution in [3.8, 4) is 0 Å². The van der Waals surface area contributed by atoms with Gasteiger partial charge in [-0.2, -0.15) is 0 Å². The third-order valence-electron chi connectivity index (χ3n) is 11.8. The maximum Gasteiger partial charge on any atom is 0.137 e. The van der Waals surface area contributed by atoms with Crippen LogP contribution >= 0.6 is 0 Å². The van der Waals surface area contributed by atoms with Gasteiger partial charge in [-0.3, -0.25) is 4.79 Å². The van der Waals surface area contributed by atoms with Gasteiger partial charge in [0.25, 0.3) is 0 Å². The predicted molar refractivity (Wildman–Crippen MR) is 122 cm³/mol. The summed E-state index contributed by atoms with van der Waals surface area (Å²) in [5.74, 6) is 1.07. The lowest BCUT2D eigenvalue weighted by Crippen LogP contribution is -2.65. The lowest BCUT2D eigenvalue weighted by atomic mass is 9.35. The van der Waals surface area contributed by atoms with Gasteiger partial charge in [0.1, 0.15) is 5.78 Å². The van der Waals surface area contributed by atoms with E-state index in [2.05, 4.69) is 34.6 Å². The normalized spacial score (nSPS) is 50.9. The maximum atomic E-state index is 13.8. The minimum Gasteiger partial charge on any atom is -0.396 e. The van der Waals surface area contributed by atoms with Crippen molar-refractivity contribution >= 4 is 5.78 Å². The second-order valence-electron chi connectivity index (χ2n) is 13.3. The van der Waals surface area contributed by atoms with E-state index in [0.717, 1.165) is 38.5 Å². The van der Waals surface area contributed by atoms with Gasteiger partial charge in [-0.15, -0.1) is 0 Å². The van der Waals surface area contributed by atoms with Gasteiger partial charge >= 0.3 is 0 Å². The number of hydrogen-bond donors (Lipinski definition) is 3. The van der Waals surface area contributed by atoms with Gasteiger partial charge < -0.3 is 15.3 Å². The molecule has 0 aromatic carbocycles. The summed E-state index contributed by atoms with van der Waals surface area (Å²) in [5, 5.41) is 31.4. The van der Waals surface area contributed by atoms with E-state index in [1.165, 1.54) is 0 Å². The molecular weight excluding hydrogens is 388 g/mol. The van der Waals surface area contributed by atoms with Crippen LogP contribution in [0.3, 0.4) is 0 Å². The fourth-order valence-electron chi connectivity index (χ4n) is 9.75. The Morgan fingerprint density at radius 3 is 2.26 bits per heavy atom. The number of ketones is 1. The highest BCUT2D eigenvalue weighted by Gasteiger charge is 2.71. The number of carbonyl (C=O) groups excluding carboxylic acids is 1. The van der Waals surface area contributed by atoms with Gasteiger partial charge in [0, 0.05) is 18.9 Å².